The van der Waals surface area contributed by atoms with E-state index in [1.807, 2.05) is 39.0 Å². The van der Waals surface area contributed by atoms with E-state index in [-0.39, 0.29) is 0 Å². The van der Waals surface area contributed by atoms with Crippen LogP contribution in [-0.2, 0) is 0 Å². The number of hydrazine groups is 2. The summed E-state index contributed by atoms with van der Waals surface area (Å²) in [6.07, 6.45) is 16.4. The molecule has 1 aliphatic carbocycles. The molecule has 0 unspecified atom stereocenters. The molecular formula is C16H17N7. The van der Waals surface area contributed by atoms with Crippen LogP contribution in [0.3, 0.4) is 0 Å². The summed E-state index contributed by atoms with van der Waals surface area (Å²) in [5.41, 5.74) is 10.0. The van der Waals surface area contributed by atoms with Gasteiger partial charge in [0, 0.05) is 54.9 Å². The molecule has 1 aliphatic heterocycles. The number of nitrogens with one attached hydrogen (secondary N) is 2. The zero-order valence-corrected chi connectivity index (χ0v) is 12.6. The van der Waals surface area contributed by atoms with E-state index < -0.39 is 0 Å². The largest absolute Gasteiger partial charge is 0.291 e. The number of nitrogens with zero attached hydrogens (tertiary/aromatic N) is 5. The van der Waals surface area contributed by atoms with Crippen molar-refractivity contribution < 1.29 is 0 Å². The number of aromatic nitrogens is 4. The number of fused-ring (bicyclic) bond motifs is 2. The summed E-state index contributed by atoms with van der Waals surface area (Å²) >= 11 is 0. The number of hydrogen-bond donors (Lipinski definition) is 2. The van der Waals surface area contributed by atoms with E-state index in [1.54, 1.807) is 6.20 Å². The average Bonchev–Trinajstić information content (AvgIpc) is 3.13. The van der Waals surface area contributed by atoms with E-state index in [0.29, 0.717) is 5.78 Å². The van der Waals surface area contributed by atoms with Gasteiger partial charge in [-0.2, -0.15) is 0 Å². The Labute approximate surface area is 133 Å². The van der Waals surface area contributed by atoms with Gasteiger partial charge in [-0.15, -0.1) is 0 Å². The van der Waals surface area contributed by atoms with E-state index in [9.17, 15) is 0 Å². The minimum Gasteiger partial charge on any atom is -0.291 e. The van der Waals surface area contributed by atoms with Gasteiger partial charge in [-0.1, -0.05) is 0 Å². The highest BCUT2D eigenvalue weighted by Gasteiger charge is 2.22. The molecule has 7 heteroatoms. The van der Waals surface area contributed by atoms with Crippen molar-refractivity contribution in [1.29, 1.82) is 0 Å². The molecule has 1 fully saturated rings. The highest BCUT2D eigenvalue weighted by atomic mass is 15.8. The van der Waals surface area contributed by atoms with Gasteiger partial charge in [-0.25, -0.2) is 30.7 Å². The van der Waals surface area contributed by atoms with Crippen LogP contribution in [0.4, 0.5) is 0 Å². The minimum absolute atomic E-state index is 0.714. The Kier molecular flexibility index (Phi) is 2.68. The molecule has 116 valence electrons. The monoisotopic (exact) mass is 307 g/mol. The quantitative estimate of drug-likeness (QED) is 0.770. The van der Waals surface area contributed by atoms with Gasteiger partial charge < -0.3 is 0 Å². The van der Waals surface area contributed by atoms with Crippen LogP contribution in [-0.4, -0.2) is 30.7 Å². The van der Waals surface area contributed by atoms with Crippen LogP contribution in [0.25, 0.3) is 23.0 Å². The van der Waals surface area contributed by atoms with Crippen molar-refractivity contribution in [1.82, 2.24) is 29.6 Å². The second-order valence-electron chi connectivity index (χ2n) is 6.05. The Hall–Kier alpha value is -2.80. The lowest BCUT2D eigenvalue weighted by Gasteiger charge is -2.28. The van der Waals surface area contributed by atoms with Gasteiger partial charge >= 0.3 is 0 Å². The Balaban J connectivity index is 1.43. The number of imidazole rings is 1. The lowest BCUT2D eigenvalue weighted by molar-refractivity contribution is 0.276. The zero-order valence-electron chi connectivity index (χ0n) is 12.6. The molecule has 3 aromatic heterocycles. The standard InChI is InChI=1S/C16H17N7/c1-2-12(1)9-19-23-7-4-15-14(3-6-22(15)20-23)13-10-18-16-17-5-8-21(16)11-13/h3-8,10-12,19-20H,1-2,9H2. The predicted molar refractivity (Wildman–Crippen MR) is 87.4 cm³/mol. The van der Waals surface area contributed by atoms with Crippen molar-refractivity contribution in [3.8, 4) is 11.1 Å². The Morgan fingerprint density at radius 2 is 2.22 bits per heavy atom. The van der Waals surface area contributed by atoms with E-state index in [0.717, 1.165) is 29.3 Å². The SMILES string of the molecule is C1=CN(NCC2CC2)Nn2ccc(-c3cnc4nccn4c3)c21. The number of rotatable bonds is 4. The zero-order chi connectivity index (χ0) is 15.2. The van der Waals surface area contributed by atoms with Crippen LogP contribution in [0.15, 0.2) is 43.3 Å². The molecule has 2 aliphatic rings. The van der Waals surface area contributed by atoms with Crippen LogP contribution in [0.1, 0.15) is 18.5 Å². The van der Waals surface area contributed by atoms with Crippen molar-refractivity contribution in [3.63, 3.8) is 0 Å². The molecule has 4 heterocycles. The summed E-state index contributed by atoms with van der Waals surface area (Å²) in [4.78, 5) is 8.58. The van der Waals surface area contributed by atoms with Gasteiger partial charge in [0.15, 0.2) is 0 Å². The van der Waals surface area contributed by atoms with Gasteiger partial charge in [0.25, 0.3) is 0 Å². The maximum absolute atomic E-state index is 4.39. The van der Waals surface area contributed by atoms with Crippen LogP contribution < -0.4 is 11.0 Å². The first-order valence-corrected chi connectivity index (χ1v) is 7.85. The molecular weight excluding hydrogens is 290 g/mol. The molecule has 5 rings (SSSR count). The van der Waals surface area contributed by atoms with Crippen LogP contribution in [0.2, 0.25) is 0 Å². The van der Waals surface area contributed by atoms with E-state index in [4.69, 9.17) is 0 Å². The normalized spacial score (nSPS) is 16.6. The van der Waals surface area contributed by atoms with Gasteiger partial charge in [-0.05, 0) is 30.9 Å². The maximum Gasteiger partial charge on any atom is 0.233 e. The summed E-state index contributed by atoms with van der Waals surface area (Å²) in [6.45, 7) is 1.02. The summed E-state index contributed by atoms with van der Waals surface area (Å²) in [5, 5.41) is 1.91. The molecule has 0 radical (unpaired) electrons. The lowest BCUT2D eigenvalue weighted by Crippen LogP contribution is -2.45. The summed E-state index contributed by atoms with van der Waals surface area (Å²) in [6, 6.07) is 2.09. The predicted octanol–water partition coefficient (Wildman–Crippen LogP) is 1.86. The molecule has 23 heavy (non-hydrogen) atoms. The van der Waals surface area contributed by atoms with Crippen LogP contribution in [0.5, 0.6) is 0 Å². The molecule has 0 aromatic carbocycles. The van der Waals surface area contributed by atoms with E-state index >= 15 is 0 Å². The highest BCUT2D eigenvalue weighted by Crippen LogP contribution is 2.28. The van der Waals surface area contributed by atoms with Crippen molar-refractivity contribution in [3.05, 3.63) is 48.9 Å². The molecule has 0 saturated heterocycles. The van der Waals surface area contributed by atoms with E-state index in [1.165, 1.54) is 12.8 Å². The highest BCUT2D eigenvalue weighted by molar-refractivity contribution is 5.74. The topological polar surface area (TPSA) is 62.4 Å². The van der Waals surface area contributed by atoms with Gasteiger partial charge in [-0.3, -0.25) is 4.40 Å². The second-order valence-corrected chi connectivity index (χ2v) is 6.05. The molecule has 1 saturated carbocycles. The first kappa shape index (κ1) is 12.7. The fraction of sp³-hybridized carbons (Fsp3) is 0.250. The summed E-state index contributed by atoms with van der Waals surface area (Å²) in [7, 11) is 0. The maximum atomic E-state index is 4.39. The Morgan fingerprint density at radius 1 is 1.26 bits per heavy atom. The van der Waals surface area contributed by atoms with Gasteiger partial charge in [0.05, 0.1) is 5.69 Å². The fourth-order valence-corrected chi connectivity index (χ4v) is 2.83. The molecule has 3 aromatic rings. The molecule has 0 atom stereocenters. The van der Waals surface area contributed by atoms with E-state index in [2.05, 4.69) is 39.3 Å². The Bertz CT molecular complexity index is 887. The molecule has 7 nitrogen and oxygen atoms in total. The molecule has 2 N–H and O–H groups in total. The molecule has 0 bridgehead atoms. The van der Waals surface area contributed by atoms with Crippen molar-refractivity contribution in [2.45, 2.75) is 12.8 Å². The summed E-state index contributed by atoms with van der Waals surface area (Å²) in [5.74, 6) is 1.55. The first-order chi connectivity index (χ1) is 11.4. The van der Waals surface area contributed by atoms with Crippen LogP contribution in [0, 0.1) is 5.92 Å². The van der Waals surface area contributed by atoms with Gasteiger partial charge in [0.2, 0.25) is 5.78 Å². The lowest BCUT2D eigenvalue weighted by atomic mass is 10.1. The Morgan fingerprint density at radius 3 is 3.13 bits per heavy atom. The molecule has 0 amide bonds. The number of hydrogen-bond acceptors (Lipinski definition) is 5. The van der Waals surface area contributed by atoms with Crippen molar-refractivity contribution in [2.24, 2.45) is 5.92 Å². The first-order valence-electron chi connectivity index (χ1n) is 7.85. The second kappa shape index (κ2) is 4.85. The van der Waals surface area contributed by atoms with Crippen molar-refractivity contribution >= 4 is 11.9 Å². The molecule has 0 spiro atoms. The summed E-state index contributed by atoms with van der Waals surface area (Å²) < 4.78 is 3.94. The smallest absolute Gasteiger partial charge is 0.233 e. The third-order valence-corrected chi connectivity index (χ3v) is 4.33. The van der Waals surface area contributed by atoms with Gasteiger partial charge in [0.1, 0.15) is 0 Å². The van der Waals surface area contributed by atoms with Crippen molar-refractivity contribution in [2.75, 3.05) is 12.1 Å². The minimum atomic E-state index is 0.714. The third kappa shape index (κ3) is 2.25. The van der Waals surface area contributed by atoms with Crippen LogP contribution >= 0.6 is 0 Å². The average molecular weight is 307 g/mol. The fourth-order valence-electron chi connectivity index (χ4n) is 2.83. The third-order valence-electron chi connectivity index (χ3n) is 4.33.